The molecule has 0 atom stereocenters. The van der Waals surface area contributed by atoms with E-state index < -0.39 is 0 Å². The Morgan fingerprint density at radius 3 is 1.25 bits per heavy atom. The van der Waals surface area contributed by atoms with Crippen LogP contribution in [0.15, 0.2) is 0 Å². The molecule has 0 saturated carbocycles. The molecule has 0 aromatic rings. The second-order valence-corrected chi connectivity index (χ2v) is 0. The zero-order chi connectivity index (χ0) is 2.00. The maximum atomic E-state index is 6.62. The zero-order valence-corrected chi connectivity index (χ0v) is 4.86. The second-order valence-electron chi connectivity index (χ2n) is 0. The molecule has 0 saturated heterocycles. The van der Waals surface area contributed by atoms with Gasteiger partial charge < -0.3 is 0 Å². The van der Waals surface area contributed by atoms with Crippen LogP contribution in [0.1, 0.15) is 0 Å². The van der Waals surface area contributed by atoms with E-state index in [2.05, 4.69) is 15.8 Å². The third-order valence-corrected chi connectivity index (χ3v) is 0. The standard InChI is InChI=1S/Al.Co.Ni.H2O/h;;;1H2/q;;+1;/p-1. The van der Waals surface area contributed by atoms with Crippen molar-refractivity contribution in [2.24, 2.45) is 0 Å². The molecule has 0 fully saturated rings. The van der Waals surface area contributed by atoms with E-state index in [1.54, 1.807) is 0 Å². The van der Waals surface area contributed by atoms with Gasteiger partial charge >= 0.3 is 20.0 Å². The normalized spacial score (nSPS) is 1.75. The molecule has 0 amide bonds. The summed E-state index contributed by atoms with van der Waals surface area (Å²) in [6.45, 7) is 0. The maximum absolute atomic E-state index is 6.62. The molecular weight excluding hydrogens is 161 g/mol. The summed E-state index contributed by atoms with van der Waals surface area (Å²) in [5, 5.41) is 0. The summed E-state index contributed by atoms with van der Waals surface area (Å²) in [5.74, 6) is 0. The molecule has 0 aromatic carbocycles. The molecule has 0 bridgehead atoms. The topological polar surface area (TPSA) is 20.2 Å². The van der Waals surface area contributed by atoms with Crippen LogP contribution < -0.4 is 0 Å². The minimum atomic E-state index is 0. The average Bonchev–Trinajstić information content (AvgIpc) is 1.00. The van der Waals surface area contributed by atoms with Crippen molar-refractivity contribution in [3.8, 4) is 0 Å². The van der Waals surface area contributed by atoms with Crippen molar-refractivity contribution in [3.63, 3.8) is 0 Å². The van der Waals surface area contributed by atoms with Crippen LogP contribution in [0.25, 0.3) is 0 Å². The predicted octanol–water partition coefficient (Wildman–Crippen LogP) is -0.943. The van der Waals surface area contributed by atoms with Crippen molar-refractivity contribution in [2.45, 2.75) is 0 Å². The van der Waals surface area contributed by atoms with Crippen LogP contribution in [0.3, 0.4) is 0 Å². The van der Waals surface area contributed by atoms with Gasteiger partial charge in [0.15, 0.2) is 0 Å². The van der Waals surface area contributed by atoms with Crippen LogP contribution in [0, 0.1) is 0 Å². The van der Waals surface area contributed by atoms with Gasteiger partial charge in [0.25, 0.3) is 0 Å². The van der Waals surface area contributed by atoms with Crippen LogP contribution in [0.4, 0.5) is 0 Å². The molecule has 29 valence electrons. The SMILES string of the molecule is [Al].[Co].[OH][Ni]. The van der Waals surface area contributed by atoms with E-state index in [0.717, 1.165) is 0 Å². The van der Waals surface area contributed by atoms with Crippen LogP contribution in [-0.4, -0.2) is 21.6 Å². The van der Waals surface area contributed by atoms with Crippen LogP contribution >= 0.6 is 0 Å². The van der Waals surface area contributed by atoms with Gasteiger partial charge in [-0.3, -0.25) is 0 Å². The van der Waals surface area contributed by atoms with Gasteiger partial charge in [-0.25, -0.2) is 0 Å². The zero-order valence-electron chi connectivity index (χ0n) is 1.67. The molecular formula is HAlCoNiO. The Bertz CT molecular complexity index is 8.00. The Morgan fingerprint density at radius 2 is 1.25 bits per heavy atom. The van der Waals surface area contributed by atoms with Crippen molar-refractivity contribution in [1.82, 2.24) is 0 Å². The third kappa shape index (κ3) is 9.74. The molecule has 0 heterocycles. The Hall–Kier alpha value is 1.49. The van der Waals surface area contributed by atoms with E-state index in [1.807, 2.05) is 0 Å². The second kappa shape index (κ2) is 24.6. The van der Waals surface area contributed by atoms with Gasteiger partial charge in [0.05, 0.1) is 0 Å². The summed E-state index contributed by atoms with van der Waals surface area (Å²) in [6, 6.07) is 0. The third-order valence-electron chi connectivity index (χ3n) is 0. The van der Waals surface area contributed by atoms with Gasteiger partial charge in [-0.1, -0.05) is 0 Å². The minimum absolute atomic E-state index is 0. The van der Waals surface area contributed by atoms with Gasteiger partial charge in [-0.15, -0.1) is 0 Å². The molecule has 0 aliphatic carbocycles. The summed E-state index contributed by atoms with van der Waals surface area (Å²) in [6.07, 6.45) is 0. The molecule has 1 nitrogen and oxygen atoms in total. The first kappa shape index (κ1) is 17.8. The first-order valence-electron chi connectivity index (χ1n) is 0.141. The van der Waals surface area contributed by atoms with Crippen molar-refractivity contribution in [3.05, 3.63) is 0 Å². The predicted molar refractivity (Wildman–Crippen MR) is 7.97 cm³/mol. The van der Waals surface area contributed by atoms with Gasteiger partial charge in [0.1, 0.15) is 0 Å². The van der Waals surface area contributed by atoms with Crippen LogP contribution in [-0.2, 0) is 32.6 Å². The quantitative estimate of drug-likeness (QED) is 0.455. The van der Waals surface area contributed by atoms with Crippen LogP contribution in [0.2, 0.25) is 0 Å². The summed E-state index contributed by atoms with van der Waals surface area (Å²) in [4.78, 5) is 0. The van der Waals surface area contributed by atoms with Gasteiger partial charge in [0, 0.05) is 34.1 Å². The Balaban J connectivity index is -0.00000000500. The van der Waals surface area contributed by atoms with Crippen LogP contribution in [0.5, 0.6) is 0 Å². The van der Waals surface area contributed by atoms with Crippen molar-refractivity contribution >= 4 is 17.4 Å². The van der Waals surface area contributed by atoms with E-state index in [1.165, 1.54) is 0 Å². The van der Waals surface area contributed by atoms with E-state index in [4.69, 9.17) is 4.25 Å². The molecule has 4 heteroatoms. The molecule has 0 aliphatic heterocycles. The van der Waals surface area contributed by atoms with Gasteiger partial charge in [-0.05, 0) is 0 Å². The summed E-state index contributed by atoms with van der Waals surface area (Å²) in [5.41, 5.74) is 0. The fourth-order valence-electron chi connectivity index (χ4n) is 0. The summed E-state index contributed by atoms with van der Waals surface area (Å²) >= 11 is 2.88. The van der Waals surface area contributed by atoms with E-state index in [0.29, 0.717) is 0 Å². The molecule has 0 spiro atoms. The number of rotatable bonds is 0. The summed E-state index contributed by atoms with van der Waals surface area (Å²) in [7, 11) is 0. The summed E-state index contributed by atoms with van der Waals surface area (Å²) < 4.78 is 6.62. The molecule has 0 aliphatic rings. The van der Waals surface area contributed by atoms with Crippen molar-refractivity contribution in [1.29, 1.82) is 0 Å². The average molecular weight is 162 g/mol. The molecule has 4 radical (unpaired) electrons. The van der Waals surface area contributed by atoms with Crippen molar-refractivity contribution in [2.75, 3.05) is 0 Å². The monoisotopic (exact) mass is 161 g/mol. The molecule has 0 unspecified atom stereocenters. The fraction of sp³-hybridized carbons (Fsp3) is 0. The van der Waals surface area contributed by atoms with E-state index >= 15 is 0 Å². The number of hydrogen-bond acceptors (Lipinski definition) is 1. The van der Waals surface area contributed by atoms with Gasteiger partial charge in [-0.2, -0.15) is 0 Å². The fourth-order valence-corrected chi connectivity index (χ4v) is 0. The molecule has 0 aromatic heterocycles. The van der Waals surface area contributed by atoms with E-state index in [-0.39, 0.29) is 34.1 Å². The Labute approximate surface area is 54.2 Å². The van der Waals surface area contributed by atoms with Gasteiger partial charge in [0.2, 0.25) is 0 Å². The molecule has 0 rings (SSSR count). The Kier molecular flexibility index (Phi) is 110. The number of hydrogen-bond donors (Lipinski definition) is 1. The molecule has 4 heavy (non-hydrogen) atoms. The molecule has 1 N–H and O–H groups in total. The van der Waals surface area contributed by atoms with E-state index in [9.17, 15) is 0 Å². The first-order valence-corrected chi connectivity index (χ1v) is 0.583. The first-order chi connectivity index (χ1) is 1.00. The Morgan fingerprint density at radius 1 is 1.25 bits per heavy atom. The van der Waals surface area contributed by atoms with Crippen molar-refractivity contribution < 1.29 is 36.8 Å².